The Labute approximate surface area is 124 Å². The topological polar surface area (TPSA) is 51.4 Å². The van der Waals surface area contributed by atoms with E-state index in [0.29, 0.717) is 0 Å². The lowest BCUT2D eigenvalue weighted by Crippen LogP contribution is -2.37. The molecule has 1 saturated heterocycles. The number of morpholine rings is 1. The Morgan fingerprint density at radius 3 is 2.76 bits per heavy atom. The molecule has 2 N–H and O–H groups in total. The highest BCUT2D eigenvalue weighted by atomic mass is 16.5. The van der Waals surface area contributed by atoms with Crippen molar-refractivity contribution in [3.05, 3.63) is 29.5 Å². The number of aromatic nitrogens is 1. The van der Waals surface area contributed by atoms with Gasteiger partial charge < -0.3 is 15.4 Å². The summed E-state index contributed by atoms with van der Waals surface area (Å²) >= 11 is 0. The number of rotatable bonds is 1. The first-order chi connectivity index (χ1) is 10.3. The molecule has 21 heavy (non-hydrogen) atoms. The molecule has 4 rings (SSSR count). The molecule has 110 valence electrons. The van der Waals surface area contributed by atoms with Crippen LogP contribution in [0.4, 0.5) is 11.4 Å². The standard InChI is InChI=1S/C17H21N3O/c18-12-5-6-16-14(11-12)17(20-7-9-21-10-8-20)13-3-1-2-4-15(13)19-16/h5-6,11H,1-4,7-10,18H2. The number of aryl methyl sites for hydroxylation is 1. The van der Waals surface area contributed by atoms with Gasteiger partial charge in [-0.15, -0.1) is 0 Å². The predicted molar refractivity (Wildman–Crippen MR) is 85.8 cm³/mol. The maximum Gasteiger partial charge on any atom is 0.0727 e. The zero-order valence-electron chi connectivity index (χ0n) is 12.3. The monoisotopic (exact) mass is 283 g/mol. The molecule has 0 atom stereocenters. The number of nitrogens with two attached hydrogens (primary N) is 1. The largest absolute Gasteiger partial charge is 0.399 e. The molecule has 2 aliphatic rings. The van der Waals surface area contributed by atoms with Gasteiger partial charge in [-0.25, -0.2) is 0 Å². The Balaban J connectivity index is 1.96. The molecule has 0 radical (unpaired) electrons. The van der Waals surface area contributed by atoms with Crippen LogP contribution in [0, 0.1) is 0 Å². The molecule has 1 fully saturated rings. The van der Waals surface area contributed by atoms with Gasteiger partial charge in [0.2, 0.25) is 0 Å². The second-order valence-electron chi connectivity index (χ2n) is 5.97. The highest BCUT2D eigenvalue weighted by Crippen LogP contribution is 2.37. The molecular weight excluding hydrogens is 262 g/mol. The molecule has 1 aromatic carbocycles. The van der Waals surface area contributed by atoms with Crippen LogP contribution >= 0.6 is 0 Å². The van der Waals surface area contributed by atoms with Gasteiger partial charge in [-0.05, 0) is 49.4 Å². The molecule has 1 aromatic heterocycles. The van der Waals surface area contributed by atoms with Crippen molar-refractivity contribution in [1.29, 1.82) is 0 Å². The van der Waals surface area contributed by atoms with Crippen LogP contribution in [-0.4, -0.2) is 31.3 Å². The second-order valence-corrected chi connectivity index (χ2v) is 5.97. The number of nitrogens with zero attached hydrogens (tertiary/aromatic N) is 2. The average Bonchev–Trinajstić information content (AvgIpc) is 2.53. The van der Waals surface area contributed by atoms with E-state index < -0.39 is 0 Å². The first kappa shape index (κ1) is 12.9. The number of hydrogen-bond acceptors (Lipinski definition) is 4. The molecule has 4 nitrogen and oxygen atoms in total. The maximum atomic E-state index is 6.03. The third-order valence-corrected chi connectivity index (χ3v) is 4.58. The predicted octanol–water partition coefficient (Wildman–Crippen LogP) is 2.53. The number of anilines is 2. The van der Waals surface area contributed by atoms with E-state index in [1.165, 1.54) is 35.2 Å². The summed E-state index contributed by atoms with van der Waals surface area (Å²) in [6, 6.07) is 6.10. The lowest BCUT2D eigenvalue weighted by molar-refractivity contribution is 0.122. The number of fused-ring (bicyclic) bond motifs is 2. The van der Waals surface area contributed by atoms with Gasteiger partial charge in [0, 0.05) is 29.9 Å². The van der Waals surface area contributed by atoms with Crippen LogP contribution in [0.15, 0.2) is 18.2 Å². The minimum Gasteiger partial charge on any atom is -0.399 e. The number of pyridine rings is 1. The van der Waals surface area contributed by atoms with Crippen LogP contribution in [0.5, 0.6) is 0 Å². The van der Waals surface area contributed by atoms with Gasteiger partial charge >= 0.3 is 0 Å². The first-order valence-corrected chi connectivity index (χ1v) is 7.86. The molecule has 0 saturated carbocycles. The fourth-order valence-corrected chi connectivity index (χ4v) is 3.56. The molecule has 1 aliphatic heterocycles. The van der Waals surface area contributed by atoms with Crippen molar-refractivity contribution in [2.45, 2.75) is 25.7 Å². The molecular formula is C17H21N3O. The highest BCUT2D eigenvalue weighted by Gasteiger charge is 2.23. The van der Waals surface area contributed by atoms with Crippen molar-refractivity contribution < 1.29 is 4.74 Å². The minimum atomic E-state index is 0.806. The highest BCUT2D eigenvalue weighted by molar-refractivity contribution is 5.96. The lowest BCUT2D eigenvalue weighted by atomic mass is 9.92. The summed E-state index contributed by atoms with van der Waals surface area (Å²) in [5.74, 6) is 0. The van der Waals surface area contributed by atoms with E-state index >= 15 is 0 Å². The van der Waals surface area contributed by atoms with Gasteiger partial charge in [-0.3, -0.25) is 4.98 Å². The fraction of sp³-hybridized carbons (Fsp3) is 0.471. The van der Waals surface area contributed by atoms with E-state index in [0.717, 1.165) is 50.3 Å². The van der Waals surface area contributed by atoms with Gasteiger partial charge in [0.05, 0.1) is 24.4 Å². The van der Waals surface area contributed by atoms with Crippen molar-refractivity contribution in [1.82, 2.24) is 4.98 Å². The Kier molecular flexibility index (Phi) is 3.19. The SMILES string of the molecule is Nc1ccc2nc3c(c(N4CCOCC4)c2c1)CCCC3. The van der Waals surface area contributed by atoms with Crippen LogP contribution < -0.4 is 10.6 Å². The smallest absolute Gasteiger partial charge is 0.0727 e. The van der Waals surface area contributed by atoms with E-state index in [4.69, 9.17) is 15.5 Å². The van der Waals surface area contributed by atoms with E-state index in [1.807, 2.05) is 6.07 Å². The van der Waals surface area contributed by atoms with Crippen LogP contribution in [0.2, 0.25) is 0 Å². The summed E-state index contributed by atoms with van der Waals surface area (Å²) in [6.07, 6.45) is 4.76. The molecule has 2 heterocycles. The zero-order chi connectivity index (χ0) is 14.2. The van der Waals surface area contributed by atoms with Crippen LogP contribution in [0.25, 0.3) is 10.9 Å². The quantitative estimate of drug-likeness (QED) is 0.817. The summed E-state index contributed by atoms with van der Waals surface area (Å²) in [5.41, 5.74) is 12.0. The Hall–Kier alpha value is -1.81. The molecule has 1 aliphatic carbocycles. The van der Waals surface area contributed by atoms with Gasteiger partial charge in [-0.1, -0.05) is 0 Å². The normalized spacial score (nSPS) is 18.8. The molecule has 0 spiro atoms. The second kappa shape index (κ2) is 5.19. The van der Waals surface area contributed by atoms with Crippen LogP contribution in [0.3, 0.4) is 0 Å². The minimum absolute atomic E-state index is 0.806. The first-order valence-electron chi connectivity index (χ1n) is 7.86. The Morgan fingerprint density at radius 1 is 1.10 bits per heavy atom. The van der Waals surface area contributed by atoms with Gasteiger partial charge in [-0.2, -0.15) is 0 Å². The number of hydrogen-bond donors (Lipinski definition) is 1. The van der Waals surface area contributed by atoms with E-state index in [2.05, 4.69) is 17.0 Å². The molecule has 0 unspecified atom stereocenters. The lowest BCUT2D eigenvalue weighted by Gasteiger charge is -2.33. The molecule has 0 amide bonds. The van der Waals surface area contributed by atoms with Crippen molar-refractivity contribution in [2.24, 2.45) is 0 Å². The number of nitrogen functional groups attached to an aromatic ring is 1. The van der Waals surface area contributed by atoms with Crippen LogP contribution in [0.1, 0.15) is 24.1 Å². The van der Waals surface area contributed by atoms with Crippen molar-refractivity contribution in [2.75, 3.05) is 36.9 Å². The third-order valence-electron chi connectivity index (χ3n) is 4.58. The zero-order valence-corrected chi connectivity index (χ0v) is 12.3. The van der Waals surface area contributed by atoms with Crippen molar-refractivity contribution in [3.8, 4) is 0 Å². The molecule has 2 aromatic rings. The van der Waals surface area contributed by atoms with Crippen molar-refractivity contribution in [3.63, 3.8) is 0 Å². The summed E-state index contributed by atoms with van der Waals surface area (Å²) in [5, 5.41) is 1.21. The third kappa shape index (κ3) is 2.23. The number of ether oxygens (including phenoxy) is 1. The number of benzene rings is 1. The summed E-state index contributed by atoms with van der Waals surface area (Å²) in [4.78, 5) is 7.37. The summed E-state index contributed by atoms with van der Waals surface area (Å²) < 4.78 is 5.52. The Bertz CT molecular complexity index is 677. The van der Waals surface area contributed by atoms with E-state index in [9.17, 15) is 0 Å². The van der Waals surface area contributed by atoms with E-state index in [1.54, 1.807) is 0 Å². The molecule has 4 heteroatoms. The Morgan fingerprint density at radius 2 is 1.90 bits per heavy atom. The maximum absolute atomic E-state index is 6.03. The average molecular weight is 283 g/mol. The van der Waals surface area contributed by atoms with Crippen LogP contribution in [-0.2, 0) is 17.6 Å². The van der Waals surface area contributed by atoms with Gasteiger partial charge in [0.1, 0.15) is 0 Å². The van der Waals surface area contributed by atoms with Gasteiger partial charge in [0.15, 0.2) is 0 Å². The fourth-order valence-electron chi connectivity index (χ4n) is 3.56. The van der Waals surface area contributed by atoms with Crippen molar-refractivity contribution >= 4 is 22.3 Å². The summed E-state index contributed by atoms with van der Waals surface area (Å²) in [7, 11) is 0. The summed E-state index contributed by atoms with van der Waals surface area (Å²) in [6.45, 7) is 3.53. The van der Waals surface area contributed by atoms with Gasteiger partial charge in [0.25, 0.3) is 0 Å². The van der Waals surface area contributed by atoms with E-state index in [-0.39, 0.29) is 0 Å². The molecule has 0 bridgehead atoms.